The number of hydrogen-bond donors (Lipinski definition) is 4. The van der Waals surface area contributed by atoms with Crippen LogP contribution in [0, 0.1) is 0 Å². The molecule has 0 bridgehead atoms. The van der Waals surface area contributed by atoms with Crippen LogP contribution in [0.3, 0.4) is 0 Å². The van der Waals surface area contributed by atoms with E-state index in [-0.39, 0.29) is 4.57 Å². The number of hydrogen-bond acceptors (Lipinski definition) is 10. The summed E-state index contributed by atoms with van der Waals surface area (Å²) < 4.78 is 54.6. The van der Waals surface area contributed by atoms with Crippen molar-refractivity contribution < 1.29 is 36.9 Å². The number of aliphatic hydroxyl groups excluding tert-OH is 2. The van der Waals surface area contributed by atoms with Crippen LogP contribution in [0.5, 0.6) is 0 Å². The molecule has 4 atom stereocenters. The molecule has 0 unspecified atom stereocenters. The zero-order chi connectivity index (χ0) is 19.4. The second-order valence-corrected chi connectivity index (χ2v) is 9.85. The van der Waals surface area contributed by atoms with Crippen molar-refractivity contribution in [3.63, 3.8) is 0 Å². The minimum atomic E-state index is -4.82. The number of sulfone groups is 2. The molecule has 12 nitrogen and oxygen atoms in total. The lowest BCUT2D eigenvalue weighted by Crippen LogP contribution is -2.67. The van der Waals surface area contributed by atoms with Crippen LogP contribution in [0.15, 0.2) is 21.9 Å². The Hall–Kier alpha value is -1.58. The molecule has 14 heteroatoms. The van der Waals surface area contributed by atoms with E-state index in [2.05, 4.69) is 0 Å². The molecule has 2 rings (SSSR count). The standard InChI is InChI=1S/C11H16N2O10S2/c1-24(19,20)10(18)8(16)6(5-14)23-11(10,25(2,21)22)13-4-3-7(15)12-9(13)17/h3-4,6,8,14,16,18H,5H2,1-2H3,(H,12,15,17)/t6-,8-,10+,11+/m1/s1. The second kappa shape index (κ2) is 5.72. The summed E-state index contributed by atoms with van der Waals surface area (Å²) in [5.41, 5.74) is -2.34. The number of nitrogens with zero attached hydrogens (tertiary/aromatic N) is 1. The molecule has 1 saturated heterocycles. The van der Waals surface area contributed by atoms with Crippen molar-refractivity contribution in [3.05, 3.63) is 33.1 Å². The highest BCUT2D eigenvalue weighted by molar-refractivity contribution is 7.95. The third-order valence-corrected chi connectivity index (χ3v) is 7.29. The van der Waals surface area contributed by atoms with Gasteiger partial charge in [0.25, 0.3) is 15.5 Å². The molecular weight excluding hydrogens is 384 g/mol. The van der Waals surface area contributed by atoms with Gasteiger partial charge in [-0.05, 0) is 0 Å². The fraction of sp³-hybridized carbons (Fsp3) is 0.636. The van der Waals surface area contributed by atoms with E-state index in [1.165, 1.54) is 0 Å². The van der Waals surface area contributed by atoms with Crippen LogP contribution in [0.2, 0.25) is 0 Å². The summed E-state index contributed by atoms with van der Waals surface area (Å²) in [6.07, 6.45) is -2.78. The zero-order valence-electron chi connectivity index (χ0n) is 13.0. The molecule has 0 spiro atoms. The van der Waals surface area contributed by atoms with Gasteiger partial charge in [-0.25, -0.2) is 21.6 Å². The molecule has 1 aliphatic rings. The summed E-state index contributed by atoms with van der Waals surface area (Å²) in [7, 11) is -9.62. The summed E-state index contributed by atoms with van der Waals surface area (Å²) >= 11 is 0. The van der Waals surface area contributed by atoms with Crippen LogP contribution < -0.4 is 11.2 Å². The average Bonchev–Trinajstić information content (AvgIpc) is 2.69. The third kappa shape index (κ3) is 2.48. The van der Waals surface area contributed by atoms with Gasteiger partial charge < -0.3 is 20.1 Å². The lowest BCUT2D eigenvalue weighted by molar-refractivity contribution is -0.102. The Bertz CT molecular complexity index is 1010. The normalized spacial score (nSPS) is 33.5. The van der Waals surface area contributed by atoms with Crippen LogP contribution in [0.4, 0.5) is 0 Å². The van der Waals surface area contributed by atoms with Crippen molar-refractivity contribution in [1.82, 2.24) is 9.55 Å². The highest BCUT2D eigenvalue weighted by Crippen LogP contribution is 2.49. The molecule has 1 fully saturated rings. The van der Waals surface area contributed by atoms with E-state index in [1.54, 1.807) is 4.98 Å². The molecule has 142 valence electrons. The molecule has 0 aromatic carbocycles. The summed E-state index contributed by atoms with van der Waals surface area (Å²) in [4.78, 5) is 21.5. The first-order chi connectivity index (χ1) is 11.2. The Kier molecular flexibility index (Phi) is 4.51. The van der Waals surface area contributed by atoms with Crippen molar-refractivity contribution in [2.45, 2.75) is 22.2 Å². The summed E-state index contributed by atoms with van der Waals surface area (Å²) in [5.74, 6) is 0. The molecule has 4 N–H and O–H groups in total. The maximum absolute atomic E-state index is 12.5. The minimum Gasteiger partial charge on any atom is -0.394 e. The Morgan fingerprint density at radius 2 is 1.80 bits per heavy atom. The van der Waals surface area contributed by atoms with E-state index >= 15 is 0 Å². The number of H-pyrrole nitrogens is 1. The highest BCUT2D eigenvalue weighted by atomic mass is 32.2. The lowest BCUT2D eigenvalue weighted by atomic mass is 10.1. The van der Waals surface area contributed by atoms with Gasteiger partial charge in [-0.3, -0.25) is 14.3 Å². The van der Waals surface area contributed by atoms with Crippen LogP contribution in [-0.4, -0.2) is 78.0 Å². The molecule has 1 aromatic heterocycles. The van der Waals surface area contributed by atoms with Gasteiger partial charge in [0.2, 0.25) is 9.84 Å². The first-order valence-corrected chi connectivity index (χ1v) is 10.4. The van der Waals surface area contributed by atoms with Crippen molar-refractivity contribution >= 4 is 19.7 Å². The average molecular weight is 400 g/mol. The van der Waals surface area contributed by atoms with Crippen LogP contribution in [0.1, 0.15) is 0 Å². The van der Waals surface area contributed by atoms with Gasteiger partial charge in [0.15, 0.2) is 9.84 Å². The molecule has 0 amide bonds. The smallest absolute Gasteiger partial charge is 0.331 e. The number of aromatic amines is 1. The third-order valence-electron chi connectivity index (χ3n) is 3.91. The Morgan fingerprint density at radius 3 is 2.20 bits per heavy atom. The van der Waals surface area contributed by atoms with E-state index in [1.807, 2.05) is 0 Å². The fourth-order valence-electron chi connectivity index (χ4n) is 2.79. The van der Waals surface area contributed by atoms with E-state index in [0.29, 0.717) is 24.8 Å². The van der Waals surface area contributed by atoms with E-state index in [4.69, 9.17) is 4.74 Å². The summed E-state index contributed by atoms with van der Waals surface area (Å²) in [6, 6.07) is 0.693. The number of aliphatic hydroxyl groups is 3. The lowest BCUT2D eigenvalue weighted by Gasteiger charge is -2.38. The quantitative estimate of drug-likeness (QED) is 0.384. The van der Waals surface area contributed by atoms with Gasteiger partial charge in [0.05, 0.1) is 6.61 Å². The fourth-order valence-corrected chi connectivity index (χ4v) is 6.36. The number of rotatable bonds is 4. The van der Waals surface area contributed by atoms with Crippen LogP contribution in [0.25, 0.3) is 0 Å². The van der Waals surface area contributed by atoms with Gasteiger partial charge in [0.1, 0.15) is 12.2 Å². The van der Waals surface area contributed by atoms with Crippen LogP contribution in [-0.2, 0) is 29.5 Å². The molecule has 0 saturated carbocycles. The second-order valence-electron chi connectivity index (χ2n) is 5.59. The van der Waals surface area contributed by atoms with E-state index in [0.717, 1.165) is 0 Å². The van der Waals surface area contributed by atoms with Gasteiger partial charge >= 0.3 is 5.69 Å². The first-order valence-electron chi connectivity index (χ1n) is 6.65. The van der Waals surface area contributed by atoms with Gasteiger partial charge in [-0.15, -0.1) is 0 Å². The predicted octanol–water partition coefficient (Wildman–Crippen LogP) is -4.32. The van der Waals surface area contributed by atoms with Crippen molar-refractivity contribution in [3.8, 4) is 0 Å². The predicted molar refractivity (Wildman–Crippen MR) is 81.9 cm³/mol. The maximum atomic E-state index is 12.5. The highest BCUT2D eigenvalue weighted by Gasteiger charge is 2.77. The van der Waals surface area contributed by atoms with E-state index in [9.17, 15) is 41.7 Å². The van der Waals surface area contributed by atoms with Gasteiger partial charge in [-0.1, -0.05) is 0 Å². The Morgan fingerprint density at radius 1 is 1.24 bits per heavy atom. The summed E-state index contributed by atoms with van der Waals surface area (Å²) in [6.45, 7) is -1.06. The number of nitrogens with one attached hydrogen (secondary N) is 1. The molecular formula is C11H16N2O10S2. The number of aromatic nitrogens is 2. The summed E-state index contributed by atoms with van der Waals surface area (Å²) in [5, 5.41) is 26.9. The van der Waals surface area contributed by atoms with E-state index < -0.39 is 59.7 Å². The molecule has 1 aromatic rings. The van der Waals surface area contributed by atoms with Gasteiger partial charge in [-0.2, -0.15) is 0 Å². The molecule has 0 radical (unpaired) electrons. The topological polar surface area (TPSA) is 193 Å². The maximum Gasteiger partial charge on any atom is 0.331 e. The van der Waals surface area contributed by atoms with Crippen LogP contribution >= 0.6 is 0 Å². The molecule has 1 aliphatic heterocycles. The zero-order valence-corrected chi connectivity index (χ0v) is 14.6. The monoisotopic (exact) mass is 400 g/mol. The van der Waals surface area contributed by atoms with Crippen molar-refractivity contribution in [2.75, 3.05) is 19.1 Å². The molecule has 25 heavy (non-hydrogen) atoms. The van der Waals surface area contributed by atoms with Crippen molar-refractivity contribution in [2.24, 2.45) is 0 Å². The van der Waals surface area contributed by atoms with Crippen molar-refractivity contribution in [1.29, 1.82) is 0 Å². The Balaban J connectivity index is 3.08. The number of ether oxygens (including phenoxy) is 1. The SMILES string of the molecule is CS(=O)(=O)[C@@]1(O)[C@H](O)[C@@H](CO)O[C@]1(n1ccc(=O)[nH]c1=O)S(C)(=O)=O. The molecule has 0 aliphatic carbocycles. The van der Waals surface area contributed by atoms with Gasteiger partial charge in [0, 0.05) is 24.8 Å². The first kappa shape index (κ1) is 19.7. The minimum absolute atomic E-state index is 0.143. The Labute approximate surface area is 141 Å². The largest absolute Gasteiger partial charge is 0.394 e. The molecule has 2 heterocycles.